The van der Waals surface area contributed by atoms with Crippen LogP contribution in [0.15, 0.2) is 0 Å². The highest BCUT2D eigenvalue weighted by molar-refractivity contribution is 7.33. The van der Waals surface area contributed by atoms with E-state index >= 15 is 0 Å². The minimum atomic E-state index is -2.61. The van der Waals surface area contributed by atoms with Crippen molar-refractivity contribution < 1.29 is 32.7 Å². The summed E-state index contributed by atoms with van der Waals surface area (Å²) in [5.74, 6) is -1.22. The number of hydrogen-bond acceptors (Lipinski definition) is 7. The summed E-state index contributed by atoms with van der Waals surface area (Å²) in [4.78, 5) is 23.0. The van der Waals surface area contributed by atoms with E-state index in [1.54, 1.807) is 0 Å². The van der Waals surface area contributed by atoms with Gasteiger partial charge in [0.15, 0.2) is 0 Å². The van der Waals surface area contributed by atoms with Crippen LogP contribution < -0.4 is 0 Å². The molecule has 7 nitrogen and oxygen atoms in total. The van der Waals surface area contributed by atoms with Crippen LogP contribution in [0.2, 0.25) is 0 Å². The van der Waals surface area contributed by atoms with Crippen molar-refractivity contribution in [2.24, 2.45) is 0 Å². The topological polar surface area (TPSA) is 88.1 Å². The molecular formula is C14H26O7P+. The number of carbonyl (C=O) groups is 2. The smallest absolute Gasteiger partial charge is 0.464 e. The average molecular weight is 337 g/mol. The largest absolute Gasteiger partial charge is 0.699 e. The summed E-state index contributed by atoms with van der Waals surface area (Å²) in [6.07, 6.45) is 1.26. The van der Waals surface area contributed by atoms with Gasteiger partial charge in [0.25, 0.3) is 0 Å². The SMILES string of the molecule is CCCCOC(=O)C(C)O[P+](=O)OC(C)C(=O)OCCCC. The van der Waals surface area contributed by atoms with E-state index in [-0.39, 0.29) is 0 Å². The van der Waals surface area contributed by atoms with Crippen molar-refractivity contribution >= 4 is 20.2 Å². The lowest BCUT2D eigenvalue weighted by Crippen LogP contribution is -2.24. The molecule has 0 heterocycles. The van der Waals surface area contributed by atoms with Crippen LogP contribution in [0.5, 0.6) is 0 Å². The highest BCUT2D eigenvalue weighted by atomic mass is 31.1. The lowest BCUT2D eigenvalue weighted by atomic mass is 10.3. The highest BCUT2D eigenvalue weighted by Crippen LogP contribution is 2.28. The molecule has 0 fully saturated rings. The maximum atomic E-state index is 11.6. The van der Waals surface area contributed by atoms with Gasteiger partial charge in [-0.25, -0.2) is 9.59 Å². The van der Waals surface area contributed by atoms with Gasteiger partial charge < -0.3 is 9.47 Å². The molecule has 0 bridgehead atoms. The van der Waals surface area contributed by atoms with Crippen molar-refractivity contribution in [2.45, 2.75) is 65.6 Å². The van der Waals surface area contributed by atoms with Crippen LogP contribution in [-0.4, -0.2) is 37.4 Å². The molecule has 0 aromatic heterocycles. The fraction of sp³-hybridized carbons (Fsp3) is 0.857. The number of rotatable bonds is 12. The summed E-state index contributed by atoms with van der Waals surface area (Å²) in [7, 11) is -2.61. The first-order valence-corrected chi connectivity index (χ1v) is 8.65. The van der Waals surface area contributed by atoms with Gasteiger partial charge in [0.2, 0.25) is 12.2 Å². The molecule has 0 N–H and O–H groups in total. The van der Waals surface area contributed by atoms with Crippen LogP contribution in [0.25, 0.3) is 0 Å². The Morgan fingerprint density at radius 3 is 1.55 bits per heavy atom. The zero-order valence-electron chi connectivity index (χ0n) is 13.7. The second-order valence-electron chi connectivity index (χ2n) is 4.76. The van der Waals surface area contributed by atoms with Gasteiger partial charge in [0.05, 0.1) is 13.2 Å². The van der Waals surface area contributed by atoms with Crippen molar-refractivity contribution in [3.05, 3.63) is 0 Å². The fourth-order valence-corrected chi connectivity index (χ4v) is 1.98. The Bertz CT molecular complexity index is 327. The summed E-state index contributed by atoms with van der Waals surface area (Å²) in [6.45, 7) is 7.35. The van der Waals surface area contributed by atoms with Gasteiger partial charge in [0.1, 0.15) is 0 Å². The van der Waals surface area contributed by atoms with Crippen molar-refractivity contribution in [3.63, 3.8) is 0 Å². The number of carbonyl (C=O) groups excluding carboxylic acids is 2. The molecule has 22 heavy (non-hydrogen) atoms. The van der Waals surface area contributed by atoms with Crippen molar-refractivity contribution in [3.8, 4) is 0 Å². The molecular weight excluding hydrogens is 311 g/mol. The van der Waals surface area contributed by atoms with Crippen molar-refractivity contribution in [1.29, 1.82) is 0 Å². The predicted octanol–water partition coefficient (Wildman–Crippen LogP) is 3.14. The second-order valence-corrected chi connectivity index (χ2v) is 5.63. The Kier molecular flexibility index (Phi) is 11.9. The standard InChI is InChI=1S/C14H26O7P/c1-5-7-9-18-13(15)11(3)20-22(17)21-12(4)14(16)19-10-8-6-2/h11-12H,5-10H2,1-4H3/q+1. The average Bonchev–Trinajstić information content (AvgIpc) is 2.47. The highest BCUT2D eigenvalue weighted by Gasteiger charge is 2.35. The number of ether oxygens (including phenoxy) is 2. The third-order valence-electron chi connectivity index (χ3n) is 2.64. The molecule has 2 unspecified atom stereocenters. The van der Waals surface area contributed by atoms with E-state index in [1.165, 1.54) is 13.8 Å². The molecule has 0 saturated heterocycles. The van der Waals surface area contributed by atoms with Crippen LogP contribution >= 0.6 is 8.25 Å². The Morgan fingerprint density at radius 1 is 0.864 bits per heavy atom. The van der Waals surface area contributed by atoms with Crippen LogP contribution in [0.3, 0.4) is 0 Å². The second kappa shape index (κ2) is 12.5. The van der Waals surface area contributed by atoms with Crippen LogP contribution in [-0.2, 0) is 32.7 Å². The molecule has 0 aromatic rings. The number of esters is 2. The van der Waals surface area contributed by atoms with Crippen LogP contribution in [0.1, 0.15) is 53.4 Å². The predicted molar refractivity (Wildman–Crippen MR) is 80.4 cm³/mol. The molecule has 0 rings (SSSR count). The van der Waals surface area contributed by atoms with Crippen LogP contribution in [0, 0.1) is 0 Å². The van der Waals surface area contributed by atoms with E-state index in [0.717, 1.165) is 25.7 Å². The maximum Gasteiger partial charge on any atom is 0.699 e. The first-order valence-electron chi connectivity index (χ1n) is 7.56. The summed E-state index contributed by atoms with van der Waals surface area (Å²) in [6, 6.07) is 0. The molecule has 0 aliphatic rings. The van der Waals surface area contributed by atoms with Gasteiger partial charge >= 0.3 is 20.2 Å². The van der Waals surface area contributed by atoms with E-state index in [9.17, 15) is 14.2 Å². The Hall–Kier alpha value is -1.04. The number of hydrogen-bond donors (Lipinski definition) is 0. The van der Waals surface area contributed by atoms with E-state index in [0.29, 0.717) is 13.2 Å². The molecule has 0 amide bonds. The Morgan fingerprint density at radius 2 is 1.23 bits per heavy atom. The van der Waals surface area contributed by atoms with Gasteiger partial charge in [-0.15, -0.1) is 9.05 Å². The molecule has 0 aliphatic carbocycles. The zero-order chi connectivity index (χ0) is 17.0. The maximum absolute atomic E-state index is 11.6. The summed E-state index contributed by atoms with van der Waals surface area (Å²) < 4.78 is 31.3. The monoisotopic (exact) mass is 337 g/mol. The Labute approximate surface area is 132 Å². The molecule has 8 heteroatoms. The van der Waals surface area contributed by atoms with Gasteiger partial charge in [0, 0.05) is 4.57 Å². The van der Waals surface area contributed by atoms with E-state index in [2.05, 4.69) is 0 Å². The van der Waals surface area contributed by atoms with E-state index in [4.69, 9.17) is 18.5 Å². The molecule has 0 aromatic carbocycles. The van der Waals surface area contributed by atoms with Crippen molar-refractivity contribution in [2.75, 3.05) is 13.2 Å². The lowest BCUT2D eigenvalue weighted by molar-refractivity contribution is -0.152. The van der Waals surface area contributed by atoms with Gasteiger partial charge in [-0.1, -0.05) is 26.7 Å². The minimum Gasteiger partial charge on any atom is -0.464 e. The first kappa shape index (κ1) is 21.0. The third kappa shape index (κ3) is 9.82. The number of unbranched alkanes of at least 4 members (excludes halogenated alkanes) is 2. The minimum absolute atomic E-state index is 0.292. The molecule has 0 aliphatic heterocycles. The molecule has 128 valence electrons. The molecule has 0 radical (unpaired) electrons. The Balaban J connectivity index is 4.04. The van der Waals surface area contributed by atoms with Gasteiger partial charge in [-0.2, -0.15) is 0 Å². The fourth-order valence-electron chi connectivity index (χ4n) is 1.24. The molecule has 0 spiro atoms. The zero-order valence-corrected chi connectivity index (χ0v) is 14.6. The molecule has 0 saturated carbocycles. The van der Waals surface area contributed by atoms with Gasteiger partial charge in [-0.05, 0) is 26.7 Å². The quantitative estimate of drug-likeness (QED) is 0.307. The van der Waals surface area contributed by atoms with E-state index < -0.39 is 32.4 Å². The molecule has 2 atom stereocenters. The van der Waals surface area contributed by atoms with Gasteiger partial charge in [-0.3, -0.25) is 0 Å². The summed E-state index contributed by atoms with van der Waals surface area (Å²) in [5, 5.41) is 0. The third-order valence-corrected chi connectivity index (χ3v) is 3.61. The van der Waals surface area contributed by atoms with E-state index in [1.807, 2.05) is 13.8 Å². The lowest BCUT2D eigenvalue weighted by Gasteiger charge is -2.07. The normalized spacial score (nSPS) is 14.1. The summed E-state index contributed by atoms with van der Waals surface area (Å²) >= 11 is 0. The summed E-state index contributed by atoms with van der Waals surface area (Å²) in [5.41, 5.74) is 0. The van der Waals surface area contributed by atoms with Crippen LogP contribution in [0.4, 0.5) is 0 Å². The first-order chi connectivity index (χ1) is 10.4. The van der Waals surface area contributed by atoms with Crippen molar-refractivity contribution in [1.82, 2.24) is 0 Å².